The normalized spacial score (nSPS) is 12.0. The molecule has 1 amide bonds. The molecule has 0 saturated carbocycles. The summed E-state index contributed by atoms with van der Waals surface area (Å²) in [7, 11) is 1.75. The first-order valence-electron chi connectivity index (χ1n) is 10.2. The SMILES string of the molecule is C[C@@H](Sc1nc2ccccc2c(=O)n1Cc1ccccc1Cl)C(=O)N(C)c1ccccc1. The van der Waals surface area contributed by atoms with Gasteiger partial charge in [-0.2, -0.15) is 0 Å². The summed E-state index contributed by atoms with van der Waals surface area (Å²) in [4.78, 5) is 32.8. The third kappa shape index (κ3) is 4.56. The summed E-state index contributed by atoms with van der Waals surface area (Å²) in [6.07, 6.45) is 0. The van der Waals surface area contributed by atoms with E-state index >= 15 is 0 Å². The van der Waals surface area contributed by atoms with Gasteiger partial charge in [-0.15, -0.1) is 0 Å². The Morgan fingerprint density at radius 3 is 2.44 bits per heavy atom. The maximum Gasteiger partial charge on any atom is 0.262 e. The van der Waals surface area contributed by atoms with Crippen molar-refractivity contribution in [3.8, 4) is 0 Å². The summed E-state index contributed by atoms with van der Waals surface area (Å²) in [5.74, 6) is -0.0760. The Morgan fingerprint density at radius 2 is 1.69 bits per heavy atom. The number of carbonyl (C=O) groups excluding carboxylic acids is 1. The lowest BCUT2D eigenvalue weighted by atomic mass is 10.2. The van der Waals surface area contributed by atoms with E-state index in [1.54, 1.807) is 28.6 Å². The van der Waals surface area contributed by atoms with Crippen LogP contribution in [0, 0.1) is 0 Å². The van der Waals surface area contributed by atoms with Crippen LogP contribution in [0.2, 0.25) is 5.02 Å². The number of para-hydroxylation sites is 2. The number of hydrogen-bond donors (Lipinski definition) is 0. The number of hydrogen-bond acceptors (Lipinski definition) is 4. The van der Waals surface area contributed by atoms with Gasteiger partial charge in [0, 0.05) is 17.8 Å². The Balaban J connectivity index is 1.71. The molecule has 3 aromatic carbocycles. The van der Waals surface area contributed by atoms with E-state index in [1.165, 1.54) is 11.8 Å². The predicted octanol–water partition coefficient (Wildman–Crippen LogP) is 5.24. The smallest absolute Gasteiger partial charge is 0.262 e. The van der Waals surface area contributed by atoms with Crippen LogP contribution in [0.3, 0.4) is 0 Å². The molecule has 162 valence electrons. The summed E-state index contributed by atoms with van der Waals surface area (Å²) < 4.78 is 1.60. The standard InChI is InChI=1S/C25H22ClN3O2S/c1-17(23(30)28(2)19-11-4-3-5-12-19)32-25-27-22-15-9-7-13-20(22)24(31)29(25)16-18-10-6-8-14-21(18)26/h3-15,17H,16H2,1-2H3/t17-/m1/s1. The molecule has 0 N–H and O–H groups in total. The fraction of sp³-hybridized carbons (Fsp3) is 0.160. The number of benzene rings is 3. The highest BCUT2D eigenvalue weighted by Gasteiger charge is 2.23. The minimum atomic E-state index is -0.453. The maximum atomic E-state index is 13.3. The van der Waals surface area contributed by atoms with Crippen molar-refractivity contribution >= 4 is 45.9 Å². The van der Waals surface area contributed by atoms with Crippen molar-refractivity contribution < 1.29 is 4.79 Å². The molecule has 5 nitrogen and oxygen atoms in total. The number of halogens is 1. The lowest BCUT2D eigenvalue weighted by molar-refractivity contribution is -0.117. The number of anilines is 1. The molecule has 0 aliphatic carbocycles. The quantitative estimate of drug-likeness (QED) is 0.290. The van der Waals surface area contributed by atoms with Crippen molar-refractivity contribution in [3.05, 3.63) is 99.8 Å². The minimum absolute atomic E-state index is 0.0760. The molecule has 0 aliphatic heterocycles. The Morgan fingerprint density at radius 1 is 1.03 bits per heavy atom. The van der Waals surface area contributed by atoms with E-state index in [0.717, 1.165) is 11.3 Å². The number of amides is 1. The van der Waals surface area contributed by atoms with Crippen molar-refractivity contribution in [3.63, 3.8) is 0 Å². The molecule has 7 heteroatoms. The number of carbonyl (C=O) groups is 1. The summed E-state index contributed by atoms with van der Waals surface area (Å²) in [5, 5.41) is 1.14. The number of aromatic nitrogens is 2. The minimum Gasteiger partial charge on any atom is -0.315 e. The summed E-state index contributed by atoms with van der Waals surface area (Å²) in [6.45, 7) is 2.10. The van der Waals surface area contributed by atoms with Gasteiger partial charge in [-0.25, -0.2) is 4.98 Å². The van der Waals surface area contributed by atoms with E-state index in [1.807, 2.05) is 73.7 Å². The van der Waals surface area contributed by atoms with Gasteiger partial charge in [-0.3, -0.25) is 14.2 Å². The first-order valence-corrected chi connectivity index (χ1v) is 11.4. The van der Waals surface area contributed by atoms with E-state index in [-0.39, 0.29) is 18.0 Å². The molecule has 0 fully saturated rings. The zero-order valence-electron chi connectivity index (χ0n) is 17.7. The second-order valence-corrected chi connectivity index (χ2v) is 9.10. The Kier molecular flexibility index (Phi) is 6.63. The van der Waals surface area contributed by atoms with Gasteiger partial charge in [0.05, 0.1) is 22.7 Å². The van der Waals surface area contributed by atoms with Crippen LogP contribution in [-0.4, -0.2) is 27.8 Å². The second-order valence-electron chi connectivity index (χ2n) is 7.39. The van der Waals surface area contributed by atoms with Crippen LogP contribution < -0.4 is 10.5 Å². The van der Waals surface area contributed by atoms with Gasteiger partial charge in [0.2, 0.25) is 5.91 Å². The van der Waals surface area contributed by atoms with E-state index < -0.39 is 5.25 Å². The molecule has 1 aromatic heterocycles. The van der Waals surface area contributed by atoms with Crippen LogP contribution in [0.5, 0.6) is 0 Å². The highest BCUT2D eigenvalue weighted by atomic mass is 35.5. The van der Waals surface area contributed by atoms with Gasteiger partial charge < -0.3 is 4.90 Å². The van der Waals surface area contributed by atoms with Gasteiger partial charge >= 0.3 is 0 Å². The van der Waals surface area contributed by atoms with Gasteiger partial charge in [0.1, 0.15) is 0 Å². The number of nitrogens with zero attached hydrogens (tertiary/aromatic N) is 3. The fourth-order valence-corrected chi connectivity index (χ4v) is 4.63. The molecule has 4 aromatic rings. The molecular weight excluding hydrogens is 442 g/mol. The van der Waals surface area contributed by atoms with E-state index in [2.05, 4.69) is 0 Å². The third-order valence-electron chi connectivity index (χ3n) is 5.22. The molecule has 0 bridgehead atoms. The van der Waals surface area contributed by atoms with Crippen LogP contribution in [0.15, 0.2) is 88.8 Å². The summed E-state index contributed by atoms with van der Waals surface area (Å²) >= 11 is 7.63. The first kappa shape index (κ1) is 22.1. The number of rotatable bonds is 6. The lowest BCUT2D eigenvalue weighted by Gasteiger charge is -2.22. The zero-order chi connectivity index (χ0) is 22.7. The fourth-order valence-electron chi connectivity index (χ4n) is 3.43. The Labute approximate surface area is 195 Å². The Bertz CT molecular complexity index is 1320. The monoisotopic (exact) mass is 463 g/mol. The van der Waals surface area contributed by atoms with E-state index in [9.17, 15) is 9.59 Å². The van der Waals surface area contributed by atoms with Crippen molar-refractivity contribution in [1.82, 2.24) is 9.55 Å². The van der Waals surface area contributed by atoms with Gasteiger partial charge in [0.15, 0.2) is 5.16 Å². The average molecular weight is 464 g/mol. The average Bonchev–Trinajstić information content (AvgIpc) is 2.82. The van der Waals surface area contributed by atoms with E-state index in [0.29, 0.717) is 21.1 Å². The molecule has 0 aliphatic rings. The van der Waals surface area contributed by atoms with Crippen LogP contribution in [-0.2, 0) is 11.3 Å². The molecule has 4 rings (SSSR count). The van der Waals surface area contributed by atoms with E-state index in [4.69, 9.17) is 16.6 Å². The topological polar surface area (TPSA) is 55.2 Å². The van der Waals surface area contributed by atoms with Crippen LogP contribution in [0.4, 0.5) is 5.69 Å². The van der Waals surface area contributed by atoms with Crippen molar-refractivity contribution in [2.45, 2.75) is 23.9 Å². The van der Waals surface area contributed by atoms with Crippen molar-refractivity contribution in [1.29, 1.82) is 0 Å². The number of fused-ring (bicyclic) bond motifs is 1. The van der Waals surface area contributed by atoms with Crippen molar-refractivity contribution in [2.24, 2.45) is 0 Å². The molecular formula is C25H22ClN3O2S. The van der Waals surface area contributed by atoms with Crippen LogP contribution in [0.25, 0.3) is 10.9 Å². The van der Waals surface area contributed by atoms with Gasteiger partial charge in [0.25, 0.3) is 5.56 Å². The largest absolute Gasteiger partial charge is 0.315 e. The number of thioether (sulfide) groups is 1. The molecule has 0 radical (unpaired) electrons. The maximum absolute atomic E-state index is 13.3. The second kappa shape index (κ2) is 9.59. The molecule has 1 heterocycles. The Hall–Kier alpha value is -3.09. The lowest BCUT2D eigenvalue weighted by Crippen LogP contribution is -2.34. The van der Waals surface area contributed by atoms with Gasteiger partial charge in [-0.05, 0) is 42.8 Å². The summed E-state index contributed by atoms with van der Waals surface area (Å²) in [5.41, 5.74) is 2.07. The molecule has 0 spiro atoms. The van der Waals surface area contributed by atoms with Crippen LogP contribution >= 0.6 is 23.4 Å². The first-order chi connectivity index (χ1) is 15.5. The highest BCUT2D eigenvalue weighted by Crippen LogP contribution is 2.26. The van der Waals surface area contributed by atoms with Crippen molar-refractivity contribution in [2.75, 3.05) is 11.9 Å². The molecule has 1 atom stereocenters. The highest BCUT2D eigenvalue weighted by molar-refractivity contribution is 8.00. The molecule has 0 saturated heterocycles. The summed E-state index contributed by atoms with van der Waals surface area (Å²) in [6, 6.07) is 24.1. The van der Waals surface area contributed by atoms with Crippen LogP contribution in [0.1, 0.15) is 12.5 Å². The molecule has 0 unspecified atom stereocenters. The predicted molar refractivity (Wildman–Crippen MR) is 132 cm³/mol. The molecule has 32 heavy (non-hydrogen) atoms. The van der Waals surface area contributed by atoms with Gasteiger partial charge in [-0.1, -0.05) is 71.9 Å². The zero-order valence-corrected chi connectivity index (χ0v) is 19.3. The third-order valence-corrected chi connectivity index (χ3v) is 6.66.